The van der Waals surface area contributed by atoms with E-state index in [2.05, 4.69) is 77.5 Å². The second-order valence-electron chi connectivity index (χ2n) is 4.56. The molecule has 0 aliphatic carbocycles. The summed E-state index contributed by atoms with van der Waals surface area (Å²) in [4.78, 5) is 2.36. The van der Waals surface area contributed by atoms with E-state index in [1.165, 1.54) is 22.0 Å². The van der Waals surface area contributed by atoms with Crippen LogP contribution in [0.5, 0.6) is 0 Å². The zero-order chi connectivity index (χ0) is 13.2. The first-order valence-corrected chi connectivity index (χ1v) is 7.37. The molecule has 3 heteroatoms. The van der Waals surface area contributed by atoms with E-state index in [0.717, 1.165) is 6.54 Å². The molecule has 0 saturated heterocycles. The van der Waals surface area contributed by atoms with Gasteiger partial charge >= 0.3 is 0 Å². The minimum Gasteiger partial charge on any atom is -0.341 e. The number of thiazole rings is 1. The standard InChI is InChI=1S/C16H17N2S/c1-3-18-14(12-16-17(2)10-11-19-16)9-8-13-6-4-5-7-15(13)18/h4-12H,3H2,1-2H3/q+1. The monoisotopic (exact) mass is 269 g/mol. The number of fused-ring (bicyclic) bond motifs is 1. The zero-order valence-corrected chi connectivity index (χ0v) is 12.0. The topological polar surface area (TPSA) is 7.12 Å². The van der Waals surface area contributed by atoms with Crippen LogP contribution >= 0.6 is 11.3 Å². The van der Waals surface area contributed by atoms with E-state index >= 15 is 0 Å². The number of rotatable bonds is 2. The Bertz CT molecular complexity index is 652. The molecule has 0 N–H and O–H groups in total. The van der Waals surface area contributed by atoms with Crippen molar-refractivity contribution in [3.63, 3.8) is 0 Å². The third-order valence-electron chi connectivity index (χ3n) is 3.38. The third kappa shape index (κ3) is 2.22. The molecule has 0 spiro atoms. The Hall–Kier alpha value is -1.87. The lowest BCUT2D eigenvalue weighted by Gasteiger charge is -2.28. The number of benzene rings is 1. The largest absolute Gasteiger partial charge is 0.341 e. The Balaban J connectivity index is 2.06. The molecule has 3 rings (SSSR count). The van der Waals surface area contributed by atoms with Crippen LogP contribution in [0, 0.1) is 0 Å². The molecular weight excluding hydrogens is 252 g/mol. The molecular formula is C16H17N2S+. The quantitative estimate of drug-likeness (QED) is 0.757. The number of likely N-dealkylation sites (N-methyl/N-ethyl adjacent to an activating group) is 1. The van der Waals surface area contributed by atoms with Gasteiger partial charge in [0.15, 0.2) is 6.20 Å². The fraction of sp³-hybridized carbons (Fsp3) is 0.188. The number of allylic oxidation sites excluding steroid dienone is 1. The van der Waals surface area contributed by atoms with Gasteiger partial charge in [-0.1, -0.05) is 35.6 Å². The lowest BCUT2D eigenvalue weighted by Crippen LogP contribution is -2.29. The molecule has 0 atom stereocenters. The number of aromatic nitrogens is 1. The van der Waals surface area contributed by atoms with E-state index < -0.39 is 0 Å². The molecule has 0 unspecified atom stereocenters. The van der Waals surface area contributed by atoms with Crippen molar-refractivity contribution in [2.75, 3.05) is 11.4 Å². The molecule has 1 aliphatic rings. The summed E-state index contributed by atoms with van der Waals surface area (Å²) in [6.07, 6.45) is 8.74. The predicted octanol–water partition coefficient (Wildman–Crippen LogP) is 3.47. The van der Waals surface area contributed by atoms with Gasteiger partial charge in [0.25, 0.3) is 5.01 Å². The van der Waals surface area contributed by atoms with E-state index in [-0.39, 0.29) is 0 Å². The Kier molecular flexibility index (Phi) is 3.22. The van der Waals surface area contributed by atoms with Crippen LogP contribution in [0.15, 0.2) is 47.6 Å². The van der Waals surface area contributed by atoms with Gasteiger partial charge in [-0.25, -0.2) is 0 Å². The Morgan fingerprint density at radius 3 is 2.84 bits per heavy atom. The second-order valence-corrected chi connectivity index (χ2v) is 5.48. The summed E-state index contributed by atoms with van der Waals surface area (Å²) in [5, 5.41) is 3.38. The summed E-state index contributed by atoms with van der Waals surface area (Å²) in [6.45, 7) is 3.17. The average Bonchev–Trinajstić information content (AvgIpc) is 2.84. The van der Waals surface area contributed by atoms with Crippen molar-refractivity contribution < 1.29 is 4.57 Å². The highest BCUT2D eigenvalue weighted by atomic mass is 32.1. The second kappa shape index (κ2) is 5.02. The maximum atomic E-state index is 2.36. The smallest absolute Gasteiger partial charge is 0.263 e. The third-order valence-corrected chi connectivity index (χ3v) is 4.29. The first kappa shape index (κ1) is 12.2. The van der Waals surface area contributed by atoms with Crippen LogP contribution < -0.4 is 9.47 Å². The maximum Gasteiger partial charge on any atom is 0.263 e. The Labute approximate surface area is 117 Å². The molecule has 0 radical (unpaired) electrons. The van der Waals surface area contributed by atoms with E-state index in [4.69, 9.17) is 0 Å². The first-order valence-electron chi connectivity index (χ1n) is 6.49. The molecule has 0 bridgehead atoms. The van der Waals surface area contributed by atoms with Crippen molar-refractivity contribution in [3.8, 4) is 0 Å². The molecule has 0 fully saturated rings. The number of aryl methyl sites for hydroxylation is 1. The highest BCUT2D eigenvalue weighted by molar-refractivity contribution is 7.10. The fourth-order valence-electron chi connectivity index (χ4n) is 2.37. The van der Waals surface area contributed by atoms with Gasteiger partial charge in [0.2, 0.25) is 0 Å². The van der Waals surface area contributed by atoms with Crippen LogP contribution in [0.3, 0.4) is 0 Å². The normalized spacial score (nSPS) is 15.9. The number of hydrogen-bond donors (Lipinski definition) is 0. The summed E-state index contributed by atoms with van der Waals surface area (Å²) in [5.41, 5.74) is 3.83. The molecule has 96 valence electrons. The molecule has 1 aromatic carbocycles. The molecule has 1 aliphatic heterocycles. The number of hydrogen-bond acceptors (Lipinski definition) is 2. The van der Waals surface area contributed by atoms with Gasteiger partial charge < -0.3 is 4.90 Å². The molecule has 0 amide bonds. The van der Waals surface area contributed by atoms with Gasteiger partial charge in [0.1, 0.15) is 7.05 Å². The van der Waals surface area contributed by atoms with Gasteiger partial charge in [0, 0.05) is 24.0 Å². The molecule has 1 aromatic heterocycles. The number of para-hydroxylation sites is 1. The summed E-state index contributed by atoms with van der Waals surface area (Å²) < 4.78 is 2.15. The maximum absolute atomic E-state index is 2.36. The van der Waals surface area contributed by atoms with Crippen molar-refractivity contribution in [1.82, 2.24) is 0 Å². The Morgan fingerprint density at radius 2 is 2.11 bits per heavy atom. The van der Waals surface area contributed by atoms with Crippen LogP contribution in [0.1, 0.15) is 17.5 Å². The summed E-state index contributed by atoms with van der Waals surface area (Å²) in [7, 11) is 2.08. The van der Waals surface area contributed by atoms with Crippen molar-refractivity contribution >= 4 is 29.2 Å². The van der Waals surface area contributed by atoms with Gasteiger partial charge in [-0.15, -0.1) is 0 Å². The van der Waals surface area contributed by atoms with E-state index in [0.29, 0.717) is 0 Å². The van der Waals surface area contributed by atoms with Crippen molar-refractivity contribution in [3.05, 3.63) is 58.2 Å². The number of nitrogens with zero attached hydrogens (tertiary/aromatic N) is 2. The van der Waals surface area contributed by atoms with E-state index in [1.54, 1.807) is 11.3 Å². The predicted molar refractivity (Wildman–Crippen MR) is 82.0 cm³/mol. The fourth-order valence-corrected chi connectivity index (χ4v) is 3.17. The lowest BCUT2D eigenvalue weighted by molar-refractivity contribution is -0.668. The van der Waals surface area contributed by atoms with Crippen molar-refractivity contribution in [2.24, 2.45) is 7.05 Å². The number of anilines is 1. The lowest BCUT2D eigenvalue weighted by atomic mass is 10.1. The van der Waals surface area contributed by atoms with Gasteiger partial charge in [-0.3, -0.25) is 0 Å². The highest BCUT2D eigenvalue weighted by Gasteiger charge is 2.17. The highest BCUT2D eigenvalue weighted by Crippen LogP contribution is 2.31. The molecule has 2 heterocycles. The van der Waals surface area contributed by atoms with Crippen molar-refractivity contribution in [1.29, 1.82) is 0 Å². The summed E-state index contributed by atoms with van der Waals surface area (Å²) in [6, 6.07) is 8.54. The average molecular weight is 269 g/mol. The first-order chi connectivity index (χ1) is 9.29. The molecule has 19 heavy (non-hydrogen) atoms. The van der Waals surface area contributed by atoms with Crippen LogP contribution in [-0.2, 0) is 7.05 Å². The molecule has 0 saturated carbocycles. The van der Waals surface area contributed by atoms with Gasteiger partial charge in [-0.05, 0) is 24.6 Å². The SMILES string of the molecule is CCN1/C(=C/c2scc[n+]2C)C=Cc2ccccc21. The Morgan fingerprint density at radius 1 is 1.26 bits per heavy atom. The van der Waals surface area contributed by atoms with E-state index in [1.807, 2.05) is 0 Å². The molecule has 2 aromatic rings. The van der Waals surface area contributed by atoms with Crippen LogP contribution in [-0.4, -0.2) is 6.54 Å². The van der Waals surface area contributed by atoms with Gasteiger partial charge in [-0.2, -0.15) is 4.57 Å². The van der Waals surface area contributed by atoms with Crippen LogP contribution in [0.4, 0.5) is 5.69 Å². The molecule has 2 nitrogen and oxygen atoms in total. The summed E-state index contributed by atoms with van der Waals surface area (Å²) >= 11 is 1.76. The minimum absolute atomic E-state index is 0.974. The zero-order valence-electron chi connectivity index (χ0n) is 11.2. The van der Waals surface area contributed by atoms with Gasteiger partial charge in [0.05, 0.1) is 5.38 Å². The van der Waals surface area contributed by atoms with Crippen LogP contribution in [0.25, 0.3) is 12.2 Å². The van der Waals surface area contributed by atoms with Crippen molar-refractivity contribution in [2.45, 2.75) is 6.92 Å². The summed E-state index contributed by atoms with van der Waals surface area (Å²) in [5.74, 6) is 0. The van der Waals surface area contributed by atoms with E-state index in [9.17, 15) is 0 Å². The minimum atomic E-state index is 0.974. The van der Waals surface area contributed by atoms with Crippen LogP contribution in [0.2, 0.25) is 0 Å².